The Hall–Kier alpha value is -3.41. The summed E-state index contributed by atoms with van der Waals surface area (Å²) in [4.78, 5) is 42.0. The fraction of sp³-hybridized carbons (Fsp3) is 0.613. The van der Waals surface area contributed by atoms with E-state index in [9.17, 15) is 22.8 Å². The number of anilines is 1. The van der Waals surface area contributed by atoms with Crippen LogP contribution in [0, 0.1) is 5.41 Å². The summed E-state index contributed by atoms with van der Waals surface area (Å²) in [5, 5.41) is 3.14. The van der Waals surface area contributed by atoms with E-state index in [4.69, 9.17) is 9.72 Å². The lowest BCUT2D eigenvalue weighted by molar-refractivity contribution is -0.226. The number of likely N-dealkylation sites (N-methyl/N-ethyl adjacent to an activating group) is 1. The number of alkyl halides is 3. The molecule has 3 aliphatic rings. The molecule has 2 amide bonds. The van der Waals surface area contributed by atoms with Gasteiger partial charge in [0.2, 0.25) is 11.8 Å². The summed E-state index contributed by atoms with van der Waals surface area (Å²) >= 11 is 0. The summed E-state index contributed by atoms with van der Waals surface area (Å²) in [6.07, 6.45) is -1.05. The molecule has 5 rings (SSSR count). The zero-order valence-electron chi connectivity index (χ0n) is 25.1. The van der Waals surface area contributed by atoms with E-state index in [1.54, 1.807) is 12.3 Å². The number of pyridine rings is 2. The average molecular weight is 603 g/mol. The number of piperazine rings is 1. The van der Waals surface area contributed by atoms with Gasteiger partial charge in [0.15, 0.2) is 5.69 Å². The number of ether oxygens (including phenoxy) is 1. The number of nitrogens with one attached hydrogen (secondary N) is 1. The smallest absolute Gasteiger partial charge is 0.403 e. The molecule has 2 aliphatic heterocycles. The highest BCUT2D eigenvalue weighted by atomic mass is 19.4. The van der Waals surface area contributed by atoms with E-state index < -0.39 is 17.5 Å². The highest BCUT2D eigenvalue weighted by Gasteiger charge is 2.62. The summed E-state index contributed by atoms with van der Waals surface area (Å²) < 4.78 is 48.3. The minimum Gasteiger partial charge on any atom is -0.477 e. The van der Waals surface area contributed by atoms with Crippen LogP contribution in [0.1, 0.15) is 62.9 Å². The Morgan fingerprint density at radius 2 is 1.86 bits per heavy atom. The summed E-state index contributed by atoms with van der Waals surface area (Å²) in [6, 6.07) is 6.98. The van der Waals surface area contributed by atoms with Crippen molar-refractivity contribution < 1.29 is 27.5 Å². The average Bonchev–Trinajstić information content (AvgIpc) is 3.66. The van der Waals surface area contributed by atoms with Gasteiger partial charge >= 0.3 is 6.18 Å². The summed E-state index contributed by atoms with van der Waals surface area (Å²) in [5.74, 6) is -0.708. The van der Waals surface area contributed by atoms with Gasteiger partial charge < -0.3 is 24.8 Å². The summed E-state index contributed by atoms with van der Waals surface area (Å²) in [5.41, 5.74) is -0.275. The third-order valence-electron chi connectivity index (χ3n) is 9.10. The first-order valence-electron chi connectivity index (χ1n) is 15.3. The van der Waals surface area contributed by atoms with Crippen LogP contribution in [-0.2, 0) is 4.79 Å². The molecule has 0 unspecified atom stereocenters. The van der Waals surface area contributed by atoms with E-state index in [0.29, 0.717) is 55.2 Å². The number of hydrogen-bond acceptors (Lipinski definition) is 7. The molecule has 9 nitrogen and oxygen atoms in total. The van der Waals surface area contributed by atoms with Crippen LogP contribution in [-0.4, -0.2) is 96.2 Å². The molecule has 0 aromatic carbocycles. The van der Waals surface area contributed by atoms with Gasteiger partial charge in [0, 0.05) is 44.5 Å². The Bertz CT molecular complexity index is 1320. The molecule has 2 atom stereocenters. The van der Waals surface area contributed by atoms with Crippen LogP contribution in [0.15, 0.2) is 30.5 Å². The second-order valence-electron chi connectivity index (χ2n) is 11.9. The van der Waals surface area contributed by atoms with E-state index in [-0.39, 0.29) is 49.6 Å². The number of hydrogen-bond donors (Lipinski definition) is 1. The maximum absolute atomic E-state index is 14.2. The zero-order valence-corrected chi connectivity index (χ0v) is 25.1. The van der Waals surface area contributed by atoms with Crippen LogP contribution < -0.4 is 15.0 Å². The van der Waals surface area contributed by atoms with Gasteiger partial charge in [-0.1, -0.05) is 19.8 Å². The van der Waals surface area contributed by atoms with Crippen molar-refractivity contribution in [3.05, 3.63) is 36.2 Å². The molecule has 2 aromatic rings. The second kappa shape index (κ2) is 12.7. The number of rotatable bonds is 8. The van der Waals surface area contributed by atoms with Gasteiger partial charge in [-0.05, 0) is 70.5 Å². The van der Waals surface area contributed by atoms with Crippen molar-refractivity contribution in [1.82, 2.24) is 25.1 Å². The largest absolute Gasteiger partial charge is 0.477 e. The molecular weight excluding hydrogens is 561 g/mol. The SMILES string of the molecule is CCOc1ncccc1-c1ccc(N2CCN(C(=O)C3(C(F)(F)F)CCCC3)C[C@H]2CC)c(C(=O)N[C@H]2CCN(C)C2)n1. The summed E-state index contributed by atoms with van der Waals surface area (Å²) in [6.45, 7) is 6.43. The van der Waals surface area contributed by atoms with Crippen molar-refractivity contribution in [2.45, 2.75) is 70.6 Å². The molecule has 234 valence electrons. The van der Waals surface area contributed by atoms with Crippen molar-refractivity contribution in [3.63, 3.8) is 0 Å². The van der Waals surface area contributed by atoms with E-state index >= 15 is 0 Å². The zero-order chi connectivity index (χ0) is 30.8. The molecule has 1 N–H and O–H groups in total. The maximum Gasteiger partial charge on any atom is 0.403 e. The van der Waals surface area contributed by atoms with Gasteiger partial charge in [-0.3, -0.25) is 9.59 Å². The lowest BCUT2D eigenvalue weighted by atomic mass is 9.83. The standard InChI is InChI=1S/C31H41F3N6O3/c1-4-22-20-39(29(42)30(31(32,33)34)13-6-7-14-30)17-18-40(22)25-11-10-24(23-9-8-15-35-28(23)43-5-2)37-26(25)27(41)36-21-12-16-38(3)19-21/h8-11,15,21-22H,4-7,12-14,16-20H2,1-3H3,(H,36,41)/t21-,22+/m0/s1. The number of aromatic nitrogens is 2. The molecular formula is C31H41F3N6O3. The predicted molar refractivity (Wildman–Crippen MR) is 157 cm³/mol. The van der Waals surface area contributed by atoms with E-state index in [1.165, 1.54) is 4.90 Å². The van der Waals surface area contributed by atoms with Crippen LogP contribution in [0.4, 0.5) is 18.9 Å². The third-order valence-corrected chi connectivity index (χ3v) is 9.10. The lowest BCUT2D eigenvalue weighted by Crippen LogP contribution is -2.60. The van der Waals surface area contributed by atoms with Gasteiger partial charge in [-0.15, -0.1) is 0 Å². The molecule has 12 heteroatoms. The number of amides is 2. The normalized spacial score (nSPS) is 22.6. The first-order chi connectivity index (χ1) is 20.6. The molecule has 43 heavy (non-hydrogen) atoms. The molecule has 1 aliphatic carbocycles. The molecule has 0 radical (unpaired) electrons. The lowest BCUT2D eigenvalue weighted by Gasteiger charge is -2.45. The monoisotopic (exact) mass is 602 g/mol. The fourth-order valence-corrected chi connectivity index (χ4v) is 6.75. The van der Waals surface area contributed by atoms with E-state index in [2.05, 4.69) is 15.2 Å². The Balaban J connectivity index is 1.46. The number of carbonyl (C=O) groups is 2. The van der Waals surface area contributed by atoms with Crippen molar-refractivity contribution in [2.75, 3.05) is 51.3 Å². The Labute approximate surface area is 250 Å². The van der Waals surface area contributed by atoms with Crippen LogP contribution in [0.3, 0.4) is 0 Å². The van der Waals surface area contributed by atoms with Gasteiger partial charge in [-0.25, -0.2) is 9.97 Å². The topological polar surface area (TPSA) is 90.9 Å². The molecule has 2 aromatic heterocycles. The third kappa shape index (κ3) is 6.16. The molecule has 1 saturated carbocycles. The minimum absolute atomic E-state index is 0.0189. The summed E-state index contributed by atoms with van der Waals surface area (Å²) in [7, 11) is 2.01. The number of nitrogens with zero attached hydrogens (tertiary/aromatic N) is 5. The van der Waals surface area contributed by atoms with Crippen molar-refractivity contribution in [1.29, 1.82) is 0 Å². The van der Waals surface area contributed by atoms with E-state index in [1.807, 2.05) is 44.0 Å². The Morgan fingerprint density at radius 3 is 2.51 bits per heavy atom. The second-order valence-corrected chi connectivity index (χ2v) is 11.9. The van der Waals surface area contributed by atoms with Gasteiger partial charge in [0.05, 0.1) is 23.6 Å². The van der Waals surface area contributed by atoms with Crippen molar-refractivity contribution >= 4 is 17.5 Å². The quantitative estimate of drug-likeness (QED) is 0.475. The highest BCUT2D eigenvalue weighted by Crippen LogP contribution is 2.52. The van der Waals surface area contributed by atoms with Gasteiger partial charge in [-0.2, -0.15) is 13.2 Å². The van der Waals surface area contributed by atoms with Gasteiger partial charge in [0.1, 0.15) is 5.41 Å². The molecule has 4 heterocycles. The first kappa shape index (κ1) is 31.0. The van der Waals surface area contributed by atoms with Crippen molar-refractivity contribution in [2.24, 2.45) is 5.41 Å². The fourth-order valence-electron chi connectivity index (χ4n) is 6.75. The predicted octanol–water partition coefficient (Wildman–Crippen LogP) is 4.53. The first-order valence-corrected chi connectivity index (χ1v) is 15.3. The number of halogens is 3. The van der Waals surface area contributed by atoms with Gasteiger partial charge in [0.25, 0.3) is 5.91 Å². The molecule has 0 bridgehead atoms. The minimum atomic E-state index is -4.58. The number of likely N-dealkylation sites (tertiary alicyclic amines) is 1. The molecule has 3 fully saturated rings. The van der Waals surface area contributed by atoms with Crippen LogP contribution in [0.5, 0.6) is 5.88 Å². The van der Waals surface area contributed by atoms with Crippen LogP contribution in [0.2, 0.25) is 0 Å². The maximum atomic E-state index is 14.2. The molecule has 2 saturated heterocycles. The number of carbonyl (C=O) groups excluding carboxylic acids is 2. The molecule has 0 spiro atoms. The van der Waals surface area contributed by atoms with Crippen molar-refractivity contribution in [3.8, 4) is 17.1 Å². The Kier molecular flexibility index (Phi) is 9.15. The highest BCUT2D eigenvalue weighted by molar-refractivity contribution is 5.99. The van der Waals surface area contributed by atoms with Crippen LogP contribution >= 0.6 is 0 Å². The Morgan fingerprint density at radius 1 is 1.09 bits per heavy atom. The van der Waals surface area contributed by atoms with E-state index in [0.717, 1.165) is 19.5 Å². The van der Waals surface area contributed by atoms with Crippen LogP contribution in [0.25, 0.3) is 11.3 Å².